The number of carboxylic acids is 1. The standard InChI is InChI=1S/C8H8O2.C3H8/c1-6-2-4-7(5-3-6)8(9)10;1-3-2/h2-5H,1H3,(H,9,10);3H2,1-2H3. The monoisotopic (exact) mass is 180 g/mol. The Morgan fingerprint density at radius 1 is 1.23 bits per heavy atom. The van der Waals surface area contributed by atoms with Gasteiger partial charge in [0, 0.05) is 0 Å². The molecule has 0 aliphatic rings. The predicted octanol–water partition coefficient (Wildman–Crippen LogP) is 3.11. The first kappa shape index (κ1) is 11.7. The fourth-order valence-electron chi connectivity index (χ4n) is 0.696. The average Bonchev–Trinajstić information content (AvgIpc) is 2.06. The number of aromatic carboxylic acids is 1. The molecular weight excluding hydrogens is 164 g/mol. The van der Waals surface area contributed by atoms with Crippen LogP contribution < -0.4 is 0 Å². The number of carbonyl (C=O) groups is 1. The van der Waals surface area contributed by atoms with Gasteiger partial charge in [0.2, 0.25) is 0 Å². The SMILES string of the molecule is CCC.Cc1ccc(C(=O)O)cc1. The van der Waals surface area contributed by atoms with Gasteiger partial charge in [0.05, 0.1) is 5.56 Å². The molecule has 0 aliphatic carbocycles. The lowest BCUT2D eigenvalue weighted by molar-refractivity contribution is 0.0697. The zero-order chi connectivity index (χ0) is 10.3. The summed E-state index contributed by atoms with van der Waals surface area (Å²) in [6.45, 7) is 6.17. The molecule has 1 rings (SSSR count). The number of rotatable bonds is 1. The molecule has 0 heterocycles. The summed E-state index contributed by atoms with van der Waals surface area (Å²) in [6.07, 6.45) is 1.25. The summed E-state index contributed by atoms with van der Waals surface area (Å²) in [7, 11) is 0. The van der Waals surface area contributed by atoms with Gasteiger partial charge < -0.3 is 5.11 Å². The van der Waals surface area contributed by atoms with E-state index in [1.54, 1.807) is 24.3 Å². The number of benzene rings is 1. The fourth-order valence-corrected chi connectivity index (χ4v) is 0.696. The first-order chi connectivity index (χ1) is 6.11. The highest BCUT2D eigenvalue weighted by Crippen LogP contribution is 2.01. The Hall–Kier alpha value is -1.31. The van der Waals surface area contributed by atoms with E-state index in [0.29, 0.717) is 5.56 Å². The Balaban J connectivity index is 0.000000424. The predicted molar refractivity (Wildman–Crippen MR) is 54.1 cm³/mol. The van der Waals surface area contributed by atoms with Crippen molar-refractivity contribution in [1.82, 2.24) is 0 Å². The highest BCUT2D eigenvalue weighted by molar-refractivity contribution is 5.87. The molecule has 13 heavy (non-hydrogen) atoms. The van der Waals surface area contributed by atoms with Crippen molar-refractivity contribution in [3.8, 4) is 0 Å². The zero-order valence-electron chi connectivity index (χ0n) is 8.37. The van der Waals surface area contributed by atoms with Crippen molar-refractivity contribution in [2.24, 2.45) is 0 Å². The number of hydrogen-bond acceptors (Lipinski definition) is 1. The summed E-state index contributed by atoms with van der Waals surface area (Å²) in [5, 5.41) is 8.48. The van der Waals surface area contributed by atoms with E-state index in [4.69, 9.17) is 5.11 Å². The van der Waals surface area contributed by atoms with E-state index in [-0.39, 0.29) is 0 Å². The molecule has 1 aromatic carbocycles. The molecule has 0 radical (unpaired) electrons. The van der Waals surface area contributed by atoms with E-state index in [1.165, 1.54) is 6.42 Å². The minimum absolute atomic E-state index is 0.339. The Kier molecular flexibility index (Phi) is 5.60. The Labute approximate surface area is 79.2 Å². The van der Waals surface area contributed by atoms with Gasteiger partial charge in [-0.05, 0) is 19.1 Å². The van der Waals surface area contributed by atoms with Gasteiger partial charge in [-0.1, -0.05) is 38.0 Å². The van der Waals surface area contributed by atoms with Crippen LogP contribution in [0.3, 0.4) is 0 Å². The van der Waals surface area contributed by atoms with Gasteiger partial charge in [0.15, 0.2) is 0 Å². The van der Waals surface area contributed by atoms with Crippen molar-refractivity contribution < 1.29 is 9.90 Å². The topological polar surface area (TPSA) is 37.3 Å². The highest BCUT2D eigenvalue weighted by atomic mass is 16.4. The van der Waals surface area contributed by atoms with Crippen LogP contribution in [0.5, 0.6) is 0 Å². The maximum absolute atomic E-state index is 10.3. The van der Waals surface area contributed by atoms with Crippen LogP contribution in [0.25, 0.3) is 0 Å². The van der Waals surface area contributed by atoms with Crippen LogP contribution in [0.4, 0.5) is 0 Å². The fraction of sp³-hybridized carbons (Fsp3) is 0.364. The molecular formula is C11H16O2. The summed E-state index contributed by atoms with van der Waals surface area (Å²) >= 11 is 0. The van der Waals surface area contributed by atoms with Crippen LogP contribution in [0.15, 0.2) is 24.3 Å². The molecule has 1 N–H and O–H groups in total. The summed E-state index contributed by atoms with van der Waals surface area (Å²) in [5.41, 5.74) is 1.41. The lowest BCUT2D eigenvalue weighted by Gasteiger charge is -1.92. The van der Waals surface area contributed by atoms with Gasteiger partial charge >= 0.3 is 5.97 Å². The Bertz CT molecular complexity index is 249. The van der Waals surface area contributed by atoms with Crippen LogP contribution in [-0.2, 0) is 0 Å². The second-order valence-corrected chi connectivity index (χ2v) is 2.88. The molecule has 0 saturated carbocycles. The smallest absolute Gasteiger partial charge is 0.335 e. The maximum atomic E-state index is 10.3. The lowest BCUT2D eigenvalue weighted by atomic mass is 10.2. The number of carboxylic acid groups (broad SMARTS) is 1. The lowest BCUT2D eigenvalue weighted by Crippen LogP contribution is -1.94. The molecule has 0 amide bonds. The van der Waals surface area contributed by atoms with Gasteiger partial charge in [-0.3, -0.25) is 0 Å². The zero-order valence-corrected chi connectivity index (χ0v) is 8.37. The average molecular weight is 180 g/mol. The van der Waals surface area contributed by atoms with Gasteiger partial charge in [-0.2, -0.15) is 0 Å². The van der Waals surface area contributed by atoms with Crippen molar-refractivity contribution in [1.29, 1.82) is 0 Å². The Morgan fingerprint density at radius 2 is 1.62 bits per heavy atom. The molecule has 72 valence electrons. The molecule has 0 fully saturated rings. The highest BCUT2D eigenvalue weighted by Gasteiger charge is 1.98. The van der Waals surface area contributed by atoms with Crippen LogP contribution in [0.2, 0.25) is 0 Å². The van der Waals surface area contributed by atoms with Gasteiger partial charge in [0.1, 0.15) is 0 Å². The van der Waals surface area contributed by atoms with Crippen LogP contribution in [0.1, 0.15) is 36.2 Å². The summed E-state index contributed by atoms with van der Waals surface area (Å²) < 4.78 is 0. The van der Waals surface area contributed by atoms with Crippen molar-refractivity contribution >= 4 is 5.97 Å². The van der Waals surface area contributed by atoms with E-state index in [0.717, 1.165) is 5.56 Å². The van der Waals surface area contributed by atoms with E-state index in [2.05, 4.69) is 13.8 Å². The molecule has 2 nitrogen and oxygen atoms in total. The molecule has 2 heteroatoms. The second-order valence-electron chi connectivity index (χ2n) is 2.88. The van der Waals surface area contributed by atoms with Crippen LogP contribution in [0, 0.1) is 6.92 Å². The molecule has 0 spiro atoms. The Morgan fingerprint density at radius 3 is 1.92 bits per heavy atom. The van der Waals surface area contributed by atoms with E-state index < -0.39 is 5.97 Å². The quantitative estimate of drug-likeness (QED) is 0.721. The number of aryl methyl sites for hydroxylation is 1. The minimum Gasteiger partial charge on any atom is -0.478 e. The summed E-state index contributed by atoms with van der Waals surface area (Å²) in [5.74, 6) is -0.875. The minimum atomic E-state index is -0.875. The first-order valence-corrected chi connectivity index (χ1v) is 4.41. The molecule has 1 aromatic rings. The van der Waals surface area contributed by atoms with Gasteiger partial charge in [-0.25, -0.2) is 4.79 Å². The van der Waals surface area contributed by atoms with Crippen molar-refractivity contribution in [2.75, 3.05) is 0 Å². The normalized spacial score (nSPS) is 8.54. The largest absolute Gasteiger partial charge is 0.478 e. The van der Waals surface area contributed by atoms with Crippen molar-refractivity contribution in [3.05, 3.63) is 35.4 Å². The molecule has 0 bridgehead atoms. The van der Waals surface area contributed by atoms with E-state index in [9.17, 15) is 4.79 Å². The van der Waals surface area contributed by atoms with E-state index in [1.807, 2.05) is 6.92 Å². The van der Waals surface area contributed by atoms with E-state index >= 15 is 0 Å². The van der Waals surface area contributed by atoms with Gasteiger partial charge in [0.25, 0.3) is 0 Å². The third-order valence-corrected chi connectivity index (χ3v) is 1.30. The van der Waals surface area contributed by atoms with Crippen LogP contribution in [-0.4, -0.2) is 11.1 Å². The molecule has 0 atom stereocenters. The second kappa shape index (κ2) is 6.23. The summed E-state index contributed by atoms with van der Waals surface area (Å²) in [4.78, 5) is 10.3. The molecule has 0 aliphatic heterocycles. The van der Waals surface area contributed by atoms with Crippen molar-refractivity contribution in [3.63, 3.8) is 0 Å². The maximum Gasteiger partial charge on any atom is 0.335 e. The van der Waals surface area contributed by atoms with Gasteiger partial charge in [-0.15, -0.1) is 0 Å². The molecule has 0 unspecified atom stereocenters. The first-order valence-electron chi connectivity index (χ1n) is 4.41. The van der Waals surface area contributed by atoms with Crippen molar-refractivity contribution in [2.45, 2.75) is 27.2 Å². The molecule has 0 saturated heterocycles. The third-order valence-electron chi connectivity index (χ3n) is 1.30. The number of hydrogen-bond donors (Lipinski definition) is 1. The third kappa shape index (κ3) is 5.01. The summed E-state index contributed by atoms with van der Waals surface area (Å²) in [6, 6.07) is 6.75. The van der Waals surface area contributed by atoms with Crippen LogP contribution >= 0.6 is 0 Å². The molecule has 0 aromatic heterocycles.